The van der Waals surface area contributed by atoms with E-state index >= 15 is 0 Å². The minimum absolute atomic E-state index is 0.0103. The van der Waals surface area contributed by atoms with E-state index in [9.17, 15) is 4.79 Å². The van der Waals surface area contributed by atoms with E-state index in [1.807, 2.05) is 49.4 Å². The molecule has 2 aromatic carbocycles. The van der Waals surface area contributed by atoms with Crippen molar-refractivity contribution in [3.63, 3.8) is 0 Å². The van der Waals surface area contributed by atoms with Gasteiger partial charge in [-0.2, -0.15) is 0 Å². The van der Waals surface area contributed by atoms with Gasteiger partial charge in [0, 0.05) is 5.69 Å². The molecule has 0 heterocycles. The summed E-state index contributed by atoms with van der Waals surface area (Å²) in [7, 11) is 1.66. The quantitative estimate of drug-likeness (QED) is 0.493. The second-order valence-electron chi connectivity index (χ2n) is 9.35. The number of ether oxygens (including phenoxy) is 2. The second-order valence-corrected chi connectivity index (χ2v) is 9.35. The Balaban J connectivity index is 1.78. The Morgan fingerprint density at radius 2 is 1.68 bits per heavy atom. The molecule has 4 nitrogen and oxygen atoms in total. The molecule has 1 saturated carbocycles. The minimum atomic E-state index is -0.324. The summed E-state index contributed by atoms with van der Waals surface area (Å²) in [6.45, 7) is 8.71. The maximum Gasteiger partial charge on any atom is 0.311 e. The molecular weight excluding hydrogens is 386 g/mol. The van der Waals surface area contributed by atoms with Crippen molar-refractivity contribution in [2.45, 2.75) is 59.1 Å². The summed E-state index contributed by atoms with van der Waals surface area (Å²) >= 11 is 0. The summed E-state index contributed by atoms with van der Waals surface area (Å²) < 4.78 is 11.4. The summed E-state index contributed by atoms with van der Waals surface area (Å²) in [4.78, 5) is 13.3. The maximum absolute atomic E-state index is 13.3. The number of carbonyl (C=O) groups excluding carboxylic acids is 1. The van der Waals surface area contributed by atoms with Crippen LogP contribution in [0.3, 0.4) is 0 Å². The normalized spacial score (nSPS) is 23.1. The third kappa shape index (κ3) is 6.03. The first-order valence-electron chi connectivity index (χ1n) is 11.5. The molecule has 1 fully saturated rings. The molecule has 0 bridgehead atoms. The highest BCUT2D eigenvalue weighted by atomic mass is 16.5. The predicted molar refractivity (Wildman–Crippen MR) is 126 cm³/mol. The number of nitrogens with one attached hydrogen (secondary N) is 1. The van der Waals surface area contributed by atoms with Crippen molar-refractivity contribution < 1.29 is 14.3 Å². The van der Waals surface area contributed by atoms with Gasteiger partial charge in [0.1, 0.15) is 11.9 Å². The van der Waals surface area contributed by atoms with Gasteiger partial charge in [-0.25, -0.2) is 0 Å². The van der Waals surface area contributed by atoms with E-state index in [0.29, 0.717) is 17.8 Å². The lowest BCUT2D eigenvalue weighted by molar-refractivity contribution is -0.161. The van der Waals surface area contributed by atoms with E-state index in [-0.39, 0.29) is 24.0 Å². The van der Waals surface area contributed by atoms with Crippen molar-refractivity contribution in [1.82, 2.24) is 0 Å². The van der Waals surface area contributed by atoms with Crippen molar-refractivity contribution in [2.24, 2.45) is 23.7 Å². The number of hydrogen-bond acceptors (Lipinski definition) is 4. The number of rotatable bonds is 8. The zero-order chi connectivity index (χ0) is 22.4. The number of benzene rings is 2. The highest BCUT2D eigenvalue weighted by molar-refractivity contribution is 5.74. The van der Waals surface area contributed by atoms with Crippen LogP contribution in [-0.4, -0.2) is 19.2 Å². The van der Waals surface area contributed by atoms with Gasteiger partial charge < -0.3 is 14.8 Å². The van der Waals surface area contributed by atoms with Crippen LogP contribution >= 0.6 is 0 Å². The van der Waals surface area contributed by atoms with Gasteiger partial charge in [0.25, 0.3) is 0 Å². The van der Waals surface area contributed by atoms with Crippen molar-refractivity contribution >= 4 is 11.7 Å². The average molecular weight is 424 g/mol. The van der Waals surface area contributed by atoms with E-state index in [4.69, 9.17) is 9.47 Å². The SMILES string of the molecule is COc1ccc(N[C@@H](c2ccccc2)[C@@H](C)C(=O)O[C@@H]2C[C@H](C)CC[C@H]2C(C)C)cc1. The number of hydrogen-bond donors (Lipinski definition) is 1. The zero-order valence-corrected chi connectivity index (χ0v) is 19.5. The summed E-state index contributed by atoms with van der Waals surface area (Å²) in [6, 6.07) is 17.7. The van der Waals surface area contributed by atoms with Gasteiger partial charge >= 0.3 is 5.97 Å². The molecule has 5 atom stereocenters. The first-order valence-corrected chi connectivity index (χ1v) is 11.5. The highest BCUT2D eigenvalue weighted by Gasteiger charge is 2.36. The van der Waals surface area contributed by atoms with Crippen molar-refractivity contribution in [1.29, 1.82) is 0 Å². The lowest BCUT2D eigenvalue weighted by Crippen LogP contribution is -2.38. The molecule has 0 spiro atoms. The van der Waals surface area contributed by atoms with Gasteiger partial charge in [0.05, 0.1) is 19.1 Å². The predicted octanol–water partition coefficient (Wildman–Crippen LogP) is 6.49. The molecule has 0 aromatic heterocycles. The largest absolute Gasteiger partial charge is 0.497 e. The number of anilines is 1. The van der Waals surface area contributed by atoms with Crippen LogP contribution in [0.2, 0.25) is 0 Å². The molecule has 1 aliphatic rings. The number of methoxy groups -OCH3 is 1. The fourth-order valence-corrected chi connectivity index (χ4v) is 4.67. The molecule has 2 aromatic rings. The van der Waals surface area contributed by atoms with Crippen LogP contribution in [-0.2, 0) is 9.53 Å². The standard InChI is InChI=1S/C27H37NO3/c1-18(2)24-16-11-19(3)17-25(24)31-27(29)20(4)26(21-9-7-6-8-10-21)28-22-12-14-23(30-5)15-13-22/h6-10,12-15,18-20,24-26,28H,11,16-17H2,1-5H3/t19-,20-,24+,25-,26-/m1/s1. The van der Waals surface area contributed by atoms with Crippen LogP contribution in [0.25, 0.3) is 0 Å². The Morgan fingerprint density at radius 3 is 2.29 bits per heavy atom. The Kier molecular flexibility index (Phi) is 8.00. The van der Waals surface area contributed by atoms with Crippen LogP contribution in [0.4, 0.5) is 5.69 Å². The Labute approximate surface area is 187 Å². The number of esters is 1. The topological polar surface area (TPSA) is 47.6 Å². The monoisotopic (exact) mass is 423 g/mol. The molecular formula is C27H37NO3. The fourth-order valence-electron chi connectivity index (χ4n) is 4.67. The highest BCUT2D eigenvalue weighted by Crippen LogP contribution is 2.37. The third-order valence-corrected chi connectivity index (χ3v) is 6.67. The first-order chi connectivity index (χ1) is 14.9. The van der Waals surface area contributed by atoms with Crippen molar-refractivity contribution in [3.05, 3.63) is 60.2 Å². The summed E-state index contributed by atoms with van der Waals surface area (Å²) in [5.74, 6) is 1.92. The molecule has 4 heteroatoms. The molecule has 0 saturated heterocycles. The summed E-state index contributed by atoms with van der Waals surface area (Å²) in [5, 5.41) is 3.55. The van der Waals surface area contributed by atoms with E-state index in [1.54, 1.807) is 7.11 Å². The first kappa shape index (κ1) is 23.2. The van der Waals surface area contributed by atoms with Gasteiger partial charge in [0.2, 0.25) is 0 Å². The lowest BCUT2D eigenvalue weighted by Gasteiger charge is -2.37. The second kappa shape index (κ2) is 10.7. The molecule has 0 radical (unpaired) electrons. The van der Waals surface area contributed by atoms with Crippen LogP contribution in [0.15, 0.2) is 54.6 Å². The molecule has 1 aliphatic carbocycles. The summed E-state index contributed by atoms with van der Waals surface area (Å²) in [6.07, 6.45) is 3.33. The van der Waals surface area contributed by atoms with Crippen molar-refractivity contribution in [3.8, 4) is 5.75 Å². The van der Waals surface area contributed by atoms with E-state index < -0.39 is 0 Å². The average Bonchev–Trinajstić information content (AvgIpc) is 2.77. The molecule has 0 unspecified atom stereocenters. The van der Waals surface area contributed by atoms with E-state index in [1.165, 1.54) is 6.42 Å². The summed E-state index contributed by atoms with van der Waals surface area (Å²) in [5.41, 5.74) is 2.01. The van der Waals surface area contributed by atoms with Gasteiger partial charge in [0.15, 0.2) is 0 Å². The Bertz CT molecular complexity index is 818. The van der Waals surface area contributed by atoms with Gasteiger partial charge in [-0.1, -0.05) is 57.5 Å². The molecule has 31 heavy (non-hydrogen) atoms. The van der Waals surface area contributed by atoms with Gasteiger partial charge in [-0.3, -0.25) is 4.79 Å². The fraction of sp³-hybridized carbons (Fsp3) is 0.519. The smallest absolute Gasteiger partial charge is 0.311 e. The van der Waals surface area contributed by atoms with Gasteiger partial charge in [-0.05, 0) is 67.3 Å². The molecule has 3 rings (SSSR count). The van der Waals surface area contributed by atoms with Gasteiger partial charge in [-0.15, -0.1) is 0 Å². The van der Waals surface area contributed by atoms with E-state index in [2.05, 4.69) is 38.2 Å². The van der Waals surface area contributed by atoms with Crippen LogP contribution in [0.5, 0.6) is 5.75 Å². The van der Waals surface area contributed by atoms with Crippen LogP contribution in [0, 0.1) is 23.7 Å². The lowest BCUT2D eigenvalue weighted by atomic mass is 9.75. The molecule has 0 amide bonds. The Hall–Kier alpha value is -2.49. The maximum atomic E-state index is 13.3. The van der Waals surface area contributed by atoms with E-state index in [0.717, 1.165) is 29.8 Å². The Morgan fingerprint density at radius 1 is 1.00 bits per heavy atom. The number of carbonyl (C=O) groups is 1. The molecule has 168 valence electrons. The molecule has 0 aliphatic heterocycles. The molecule has 1 N–H and O–H groups in total. The van der Waals surface area contributed by atoms with Crippen molar-refractivity contribution in [2.75, 3.05) is 12.4 Å². The third-order valence-electron chi connectivity index (χ3n) is 6.67. The van der Waals surface area contributed by atoms with Crippen LogP contribution < -0.4 is 10.1 Å². The minimum Gasteiger partial charge on any atom is -0.497 e. The van der Waals surface area contributed by atoms with Crippen LogP contribution in [0.1, 0.15) is 58.6 Å². The zero-order valence-electron chi connectivity index (χ0n) is 19.5.